The molecule has 0 spiro atoms. The Labute approximate surface area is 307 Å². The molecule has 0 N–H and O–H groups in total. The van der Waals surface area contributed by atoms with Gasteiger partial charge in [0, 0.05) is 14.9 Å². The highest BCUT2D eigenvalue weighted by Crippen LogP contribution is 2.47. The van der Waals surface area contributed by atoms with Gasteiger partial charge in [0.1, 0.15) is 0 Å². The monoisotopic (exact) mass is 764 g/mol. The van der Waals surface area contributed by atoms with E-state index < -0.39 is 0 Å². The van der Waals surface area contributed by atoms with Crippen LogP contribution in [0.15, 0.2) is 174 Å². The molecule has 0 aliphatic heterocycles. The second-order valence-corrected chi connectivity index (χ2v) is 15.0. The lowest BCUT2D eigenvalue weighted by Crippen LogP contribution is -2.36. The van der Waals surface area contributed by atoms with Gasteiger partial charge in [0.05, 0.1) is 0 Å². The molecule has 50 heavy (non-hydrogen) atoms. The zero-order valence-electron chi connectivity index (χ0n) is 27.1. The zero-order valence-corrected chi connectivity index (χ0v) is 30.3. The number of benzene rings is 8. The van der Waals surface area contributed by atoms with Crippen molar-refractivity contribution in [3.63, 3.8) is 0 Å². The predicted molar refractivity (Wildman–Crippen MR) is 221 cm³/mol. The minimum Gasteiger partial charge on any atom is -0.0836 e. The summed E-state index contributed by atoms with van der Waals surface area (Å²) in [6.07, 6.45) is 7.79. The SMILES string of the molecule is BrC1=c2ccccc2=C(c2cc(-c3c4ccccc4cc4ccccc34)cc(-c3c4ccccc4c(Br)c4ccccc34)c2)C2CC=CC=C12. The van der Waals surface area contributed by atoms with Crippen molar-refractivity contribution in [3.8, 4) is 22.3 Å². The molecular weight excluding hydrogens is 736 g/mol. The highest BCUT2D eigenvalue weighted by molar-refractivity contribution is 9.15. The standard InChI is InChI=1S/C48H30Br2/c49-47-40-21-9-5-17-36(40)45(37-18-6-10-22-41(37)47)32-26-31(44-34-15-3-1-13-29(34)25-30-14-2-4-16-35(30)44)27-33(28-32)46-38-19-7-11-23-42(38)48(50)43-24-12-8-20-39(43)46/h1-19,21-28,39H,20H2. The third-order valence-electron chi connectivity index (χ3n) is 10.7. The minimum absolute atomic E-state index is 0.245. The van der Waals surface area contributed by atoms with Crippen molar-refractivity contribution < 1.29 is 0 Å². The lowest BCUT2D eigenvalue weighted by atomic mass is 9.76. The maximum atomic E-state index is 4.04. The summed E-state index contributed by atoms with van der Waals surface area (Å²) < 4.78 is 2.34. The molecule has 0 nitrogen and oxygen atoms in total. The zero-order chi connectivity index (χ0) is 33.3. The molecule has 2 heteroatoms. The molecule has 0 aromatic heterocycles. The number of rotatable bonds is 3. The molecule has 8 aromatic carbocycles. The molecule has 0 heterocycles. The summed E-state index contributed by atoms with van der Waals surface area (Å²) in [7, 11) is 0. The quantitative estimate of drug-likeness (QED) is 0.157. The molecular formula is C48H30Br2. The van der Waals surface area contributed by atoms with Crippen molar-refractivity contribution in [3.05, 3.63) is 190 Å². The van der Waals surface area contributed by atoms with Gasteiger partial charge in [-0.15, -0.1) is 0 Å². The van der Waals surface area contributed by atoms with Crippen LogP contribution in [0.2, 0.25) is 0 Å². The number of fused-ring (bicyclic) bond motifs is 6. The number of hydrogen-bond acceptors (Lipinski definition) is 0. The fourth-order valence-corrected chi connectivity index (χ4v) is 9.97. The van der Waals surface area contributed by atoms with E-state index >= 15 is 0 Å². The van der Waals surface area contributed by atoms with Crippen LogP contribution in [0, 0.1) is 5.92 Å². The van der Waals surface area contributed by atoms with Crippen molar-refractivity contribution in [2.45, 2.75) is 6.42 Å². The number of halogens is 2. The van der Waals surface area contributed by atoms with Crippen molar-refractivity contribution in [1.29, 1.82) is 0 Å². The van der Waals surface area contributed by atoms with E-state index in [0.29, 0.717) is 0 Å². The fraction of sp³-hybridized carbons (Fsp3) is 0.0417. The smallest absolute Gasteiger partial charge is 0.0332 e. The first kappa shape index (κ1) is 29.9. The molecule has 236 valence electrons. The van der Waals surface area contributed by atoms with E-state index in [0.717, 1.165) is 10.9 Å². The maximum absolute atomic E-state index is 4.04. The topological polar surface area (TPSA) is 0 Å². The van der Waals surface area contributed by atoms with Gasteiger partial charge in [-0.05, 0) is 155 Å². The van der Waals surface area contributed by atoms with Crippen LogP contribution in [-0.2, 0) is 0 Å². The van der Waals surface area contributed by atoms with Crippen molar-refractivity contribution >= 4 is 85.0 Å². The molecule has 10 rings (SSSR count). The molecule has 0 bridgehead atoms. The summed E-state index contributed by atoms with van der Waals surface area (Å²) in [6.45, 7) is 0. The average molecular weight is 767 g/mol. The predicted octanol–water partition coefficient (Wildman–Crippen LogP) is 12.6. The Morgan fingerprint density at radius 1 is 0.460 bits per heavy atom. The minimum atomic E-state index is 0.245. The Morgan fingerprint density at radius 3 is 1.56 bits per heavy atom. The highest BCUT2D eigenvalue weighted by atomic mass is 79.9. The van der Waals surface area contributed by atoms with Gasteiger partial charge in [0.25, 0.3) is 0 Å². The molecule has 0 saturated heterocycles. The lowest BCUT2D eigenvalue weighted by Gasteiger charge is -2.29. The fourth-order valence-electron chi connectivity index (χ4n) is 8.52. The van der Waals surface area contributed by atoms with Gasteiger partial charge in [0.15, 0.2) is 0 Å². The Hall–Kier alpha value is -5.02. The van der Waals surface area contributed by atoms with E-state index in [1.165, 1.54) is 97.0 Å². The summed E-state index contributed by atoms with van der Waals surface area (Å²) in [5.41, 5.74) is 9.01. The van der Waals surface area contributed by atoms with E-state index in [2.05, 4.69) is 196 Å². The third-order valence-corrected chi connectivity index (χ3v) is 12.4. The van der Waals surface area contributed by atoms with Gasteiger partial charge in [-0.25, -0.2) is 0 Å². The molecule has 1 unspecified atom stereocenters. The molecule has 0 amide bonds. The molecule has 0 fully saturated rings. The van der Waals surface area contributed by atoms with E-state index in [-0.39, 0.29) is 5.92 Å². The van der Waals surface area contributed by atoms with Crippen molar-refractivity contribution in [1.82, 2.24) is 0 Å². The van der Waals surface area contributed by atoms with Crippen LogP contribution in [0.5, 0.6) is 0 Å². The van der Waals surface area contributed by atoms with Gasteiger partial charge in [-0.2, -0.15) is 0 Å². The normalized spacial score (nSPS) is 15.5. The number of allylic oxidation sites excluding steroid dienone is 4. The number of hydrogen-bond donors (Lipinski definition) is 0. The molecule has 2 aliphatic rings. The molecule has 2 aliphatic carbocycles. The van der Waals surface area contributed by atoms with Crippen molar-refractivity contribution in [2.75, 3.05) is 0 Å². The lowest BCUT2D eigenvalue weighted by molar-refractivity contribution is 0.803. The second-order valence-electron chi connectivity index (χ2n) is 13.4. The van der Waals surface area contributed by atoms with Gasteiger partial charge in [-0.3, -0.25) is 0 Å². The van der Waals surface area contributed by atoms with Crippen LogP contribution in [0.25, 0.3) is 75.4 Å². The first-order valence-corrected chi connectivity index (χ1v) is 18.8. The molecule has 1 atom stereocenters. The van der Waals surface area contributed by atoms with Gasteiger partial charge < -0.3 is 0 Å². The van der Waals surface area contributed by atoms with E-state index in [1.54, 1.807) is 0 Å². The summed E-state index contributed by atoms with van der Waals surface area (Å²) >= 11 is 8.05. The molecule has 8 aromatic rings. The first-order chi connectivity index (χ1) is 24.7. The van der Waals surface area contributed by atoms with Gasteiger partial charge >= 0.3 is 0 Å². The Balaban J connectivity index is 1.40. The van der Waals surface area contributed by atoms with E-state index in [1.807, 2.05) is 0 Å². The molecule has 0 radical (unpaired) electrons. The van der Waals surface area contributed by atoms with Crippen LogP contribution < -0.4 is 10.4 Å². The summed E-state index contributed by atoms with van der Waals surface area (Å²) in [4.78, 5) is 0. The van der Waals surface area contributed by atoms with Crippen LogP contribution in [-0.4, -0.2) is 0 Å². The summed E-state index contributed by atoms with van der Waals surface area (Å²) in [6, 6.07) is 54.0. The average Bonchev–Trinajstić information content (AvgIpc) is 3.17. The van der Waals surface area contributed by atoms with E-state index in [9.17, 15) is 0 Å². The van der Waals surface area contributed by atoms with Crippen LogP contribution in [0.4, 0.5) is 0 Å². The van der Waals surface area contributed by atoms with Gasteiger partial charge in [0.2, 0.25) is 0 Å². The Bertz CT molecular complexity index is 2810. The second kappa shape index (κ2) is 11.8. The Kier molecular flexibility index (Phi) is 7.05. The third kappa shape index (κ3) is 4.55. The maximum Gasteiger partial charge on any atom is 0.0332 e. The molecule has 0 saturated carbocycles. The van der Waals surface area contributed by atoms with Gasteiger partial charge in [-0.1, -0.05) is 140 Å². The van der Waals surface area contributed by atoms with Crippen LogP contribution in [0.1, 0.15) is 12.0 Å². The first-order valence-electron chi connectivity index (χ1n) is 17.2. The van der Waals surface area contributed by atoms with Crippen LogP contribution >= 0.6 is 31.9 Å². The van der Waals surface area contributed by atoms with E-state index in [4.69, 9.17) is 0 Å². The summed E-state index contributed by atoms with van der Waals surface area (Å²) in [5, 5.41) is 12.5. The Morgan fingerprint density at radius 2 is 0.940 bits per heavy atom. The largest absolute Gasteiger partial charge is 0.0836 e. The van der Waals surface area contributed by atoms with Crippen molar-refractivity contribution in [2.24, 2.45) is 5.92 Å². The highest BCUT2D eigenvalue weighted by Gasteiger charge is 2.29. The van der Waals surface area contributed by atoms with Crippen LogP contribution in [0.3, 0.4) is 0 Å². The summed E-state index contributed by atoms with van der Waals surface area (Å²) in [5.74, 6) is 0.245.